The van der Waals surface area contributed by atoms with E-state index in [9.17, 15) is 19.0 Å². The number of allylic oxidation sites excluding steroid dienone is 4. The number of phosphoric ester groups is 1. The highest BCUT2D eigenvalue weighted by atomic mass is 31.2. The largest absolute Gasteiger partial charge is 0.472 e. The van der Waals surface area contributed by atoms with Gasteiger partial charge in [0.05, 0.1) is 13.2 Å². The first kappa shape index (κ1) is 51.5. The molecule has 0 fully saturated rings. The van der Waals surface area contributed by atoms with Gasteiger partial charge in [-0.25, -0.2) is 4.57 Å². The molecule has 2 atom stereocenters. The lowest BCUT2D eigenvalue weighted by Gasteiger charge is -2.19. The van der Waals surface area contributed by atoms with Gasteiger partial charge in [0.2, 0.25) is 0 Å². The van der Waals surface area contributed by atoms with Crippen molar-refractivity contribution in [2.75, 3.05) is 26.4 Å². The number of carbonyl (C=O) groups is 2. The fourth-order valence-corrected chi connectivity index (χ4v) is 6.80. The van der Waals surface area contributed by atoms with E-state index in [1.807, 2.05) is 0 Å². The average molecular weight is 772 g/mol. The van der Waals surface area contributed by atoms with Crippen LogP contribution in [0.1, 0.15) is 206 Å². The first-order valence-electron chi connectivity index (χ1n) is 21.8. The van der Waals surface area contributed by atoms with E-state index < -0.39 is 26.5 Å². The number of hydrogen-bond donors (Lipinski definition) is 2. The molecule has 0 radical (unpaired) electrons. The maximum absolute atomic E-state index is 12.5. The number of unbranched alkanes of at least 4 members (excludes halogenated alkanes) is 24. The zero-order valence-electron chi connectivity index (χ0n) is 34.3. The molecule has 0 aromatic heterocycles. The predicted molar refractivity (Wildman–Crippen MR) is 220 cm³/mol. The van der Waals surface area contributed by atoms with E-state index in [1.54, 1.807) is 0 Å². The van der Waals surface area contributed by atoms with Crippen LogP contribution >= 0.6 is 7.82 Å². The minimum absolute atomic E-state index is 0.0528. The van der Waals surface area contributed by atoms with E-state index in [1.165, 1.54) is 122 Å². The maximum Gasteiger partial charge on any atom is 0.472 e. The van der Waals surface area contributed by atoms with Crippen LogP contribution in [0.2, 0.25) is 0 Å². The number of rotatable bonds is 41. The van der Waals surface area contributed by atoms with Gasteiger partial charge in [-0.1, -0.05) is 154 Å². The van der Waals surface area contributed by atoms with Gasteiger partial charge in [0.1, 0.15) is 6.61 Å². The summed E-state index contributed by atoms with van der Waals surface area (Å²) in [7, 11) is -4.37. The molecule has 0 aliphatic carbocycles. The molecule has 0 aliphatic heterocycles. The molecule has 3 N–H and O–H groups in total. The summed E-state index contributed by atoms with van der Waals surface area (Å²) in [5.41, 5.74) is 5.34. The van der Waals surface area contributed by atoms with Crippen molar-refractivity contribution >= 4 is 19.8 Å². The minimum atomic E-state index is -4.37. The van der Waals surface area contributed by atoms with Crippen molar-refractivity contribution in [3.8, 4) is 0 Å². The third kappa shape index (κ3) is 40.0. The highest BCUT2D eigenvalue weighted by molar-refractivity contribution is 7.47. The van der Waals surface area contributed by atoms with E-state index in [0.29, 0.717) is 6.42 Å². The fourth-order valence-electron chi connectivity index (χ4n) is 6.04. The van der Waals surface area contributed by atoms with E-state index >= 15 is 0 Å². The monoisotopic (exact) mass is 772 g/mol. The first-order chi connectivity index (χ1) is 25.8. The Morgan fingerprint density at radius 3 is 1.36 bits per heavy atom. The number of nitrogens with two attached hydrogens (primary N) is 1. The van der Waals surface area contributed by atoms with Crippen LogP contribution in [-0.4, -0.2) is 49.3 Å². The zero-order chi connectivity index (χ0) is 38.9. The molecule has 1 unspecified atom stereocenters. The third-order valence-electron chi connectivity index (χ3n) is 9.31. The molecule has 53 heavy (non-hydrogen) atoms. The van der Waals surface area contributed by atoms with Crippen molar-refractivity contribution in [2.45, 2.75) is 213 Å². The summed E-state index contributed by atoms with van der Waals surface area (Å²) >= 11 is 0. The van der Waals surface area contributed by atoms with Gasteiger partial charge in [0.15, 0.2) is 6.10 Å². The number of ether oxygens (including phenoxy) is 2. The van der Waals surface area contributed by atoms with Gasteiger partial charge in [0, 0.05) is 19.4 Å². The lowest BCUT2D eigenvalue weighted by atomic mass is 10.1. The molecule has 0 bridgehead atoms. The van der Waals surface area contributed by atoms with Crippen LogP contribution in [0.5, 0.6) is 0 Å². The van der Waals surface area contributed by atoms with Crippen molar-refractivity contribution < 1.29 is 37.6 Å². The van der Waals surface area contributed by atoms with Crippen LogP contribution in [0.4, 0.5) is 0 Å². The van der Waals surface area contributed by atoms with Gasteiger partial charge in [-0.15, -0.1) is 0 Å². The average Bonchev–Trinajstić information content (AvgIpc) is 3.14. The Balaban J connectivity index is 4.11. The summed E-state index contributed by atoms with van der Waals surface area (Å²) in [6.45, 7) is 3.71. The Morgan fingerprint density at radius 2 is 0.925 bits per heavy atom. The summed E-state index contributed by atoms with van der Waals surface area (Å²) < 4.78 is 32.7. The van der Waals surface area contributed by atoms with Crippen LogP contribution in [0, 0.1) is 0 Å². The Kier molecular flexibility index (Phi) is 39.0. The lowest BCUT2D eigenvalue weighted by molar-refractivity contribution is -0.161. The fraction of sp³-hybridized carbons (Fsp3) is 0.860. The van der Waals surface area contributed by atoms with Crippen LogP contribution < -0.4 is 5.73 Å². The van der Waals surface area contributed by atoms with Crippen molar-refractivity contribution in [1.29, 1.82) is 0 Å². The lowest BCUT2D eigenvalue weighted by Crippen LogP contribution is -2.29. The molecule has 0 rings (SSSR count). The topological polar surface area (TPSA) is 134 Å². The highest BCUT2D eigenvalue weighted by Crippen LogP contribution is 2.43. The summed E-state index contributed by atoms with van der Waals surface area (Å²) in [5.74, 6) is -0.836. The number of esters is 2. The summed E-state index contributed by atoms with van der Waals surface area (Å²) in [6.07, 6.45) is 42.1. The molecular formula is C43H82NO8P. The number of phosphoric acid groups is 1. The van der Waals surface area contributed by atoms with E-state index in [2.05, 4.69) is 38.2 Å². The van der Waals surface area contributed by atoms with Gasteiger partial charge in [-0.3, -0.25) is 18.6 Å². The molecular weight excluding hydrogens is 689 g/mol. The smallest absolute Gasteiger partial charge is 0.462 e. The van der Waals surface area contributed by atoms with Gasteiger partial charge in [-0.2, -0.15) is 0 Å². The van der Waals surface area contributed by atoms with E-state index in [0.717, 1.165) is 51.4 Å². The molecule has 312 valence electrons. The van der Waals surface area contributed by atoms with Crippen LogP contribution in [0.15, 0.2) is 24.3 Å². The molecule has 0 amide bonds. The Labute approximate surface area is 325 Å². The Bertz CT molecular complexity index is 928. The molecule has 0 saturated carbocycles. The molecule has 0 aromatic carbocycles. The summed E-state index contributed by atoms with van der Waals surface area (Å²) in [5, 5.41) is 0. The minimum Gasteiger partial charge on any atom is -0.462 e. The van der Waals surface area contributed by atoms with Gasteiger partial charge in [0.25, 0.3) is 0 Å². The van der Waals surface area contributed by atoms with Gasteiger partial charge in [-0.05, 0) is 64.2 Å². The molecule has 0 spiro atoms. The van der Waals surface area contributed by atoms with Crippen LogP contribution in [0.25, 0.3) is 0 Å². The molecule has 10 heteroatoms. The van der Waals surface area contributed by atoms with Crippen molar-refractivity contribution in [3.05, 3.63) is 24.3 Å². The third-order valence-corrected chi connectivity index (χ3v) is 10.3. The SMILES string of the molecule is CCCCCCC=CCCCCCCCC(=O)O[C@H](COC(=O)CCCCCCCCCCCC=CCCCCCCCC)COP(=O)(O)OCCN. The molecule has 0 aliphatic rings. The van der Waals surface area contributed by atoms with E-state index in [4.69, 9.17) is 24.3 Å². The van der Waals surface area contributed by atoms with Crippen LogP contribution in [-0.2, 0) is 32.7 Å². The Hall–Kier alpha value is -1.51. The number of hydrogen-bond acceptors (Lipinski definition) is 8. The predicted octanol–water partition coefficient (Wildman–Crippen LogP) is 12.4. The standard InChI is InChI=1S/C43H82NO8P/c1-3-5-7-9-11-13-15-17-18-19-20-21-22-24-25-27-29-31-33-35-42(45)49-39-41(40-51-53(47,48)50-38-37-44)52-43(46)36-34-32-30-28-26-23-16-14-12-10-8-6-4-2/h14,16-18,41H,3-13,15,19-40,44H2,1-2H3,(H,47,48)/t41-/m1/s1. The Morgan fingerprint density at radius 1 is 0.547 bits per heavy atom. The maximum atomic E-state index is 12.5. The summed E-state index contributed by atoms with van der Waals surface area (Å²) in [6, 6.07) is 0. The second-order valence-electron chi connectivity index (χ2n) is 14.6. The van der Waals surface area contributed by atoms with Crippen LogP contribution in [0.3, 0.4) is 0 Å². The second-order valence-corrected chi connectivity index (χ2v) is 16.0. The van der Waals surface area contributed by atoms with E-state index in [-0.39, 0.29) is 38.6 Å². The molecule has 0 aromatic rings. The van der Waals surface area contributed by atoms with Crippen molar-refractivity contribution in [2.24, 2.45) is 5.73 Å². The normalized spacial score (nSPS) is 13.5. The quantitative estimate of drug-likeness (QED) is 0.0269. The van der Waals surface area contributed by atoms with Gasteiger partial charge < -0.3 is 20.1 Å². The van der Waals surface area contributed by atoms with Crippen molar-refractivity contribution in [1.82, 2.24) is 0 Å². The zero-order valence-corrected chi connectivity index (χ0v) is 35.2. The van der Waals surface area contributed by atoms with Crippen molar-refractivity contribution in [3.63, 3.8) is 0 Å². The van der Waals surface area contributed by atoms with Gasteiger partial charge >= 0.3 is 19.8 Å². The summed E-state index contributed by atoms with van der Waals surface area (Å²) in [4.78, 5) is 34.8. The molecule has 9 nitrogen and oxygen atoms in total. The highest BCUT2D eigenvalue weighted by Gasteiger charge is 2.26. The first-order valence-corrected chi connectivity index (χ1v) is 23.3. The number of carbonyl (C=O) groups excluding carboxylic acids is 2. The molecule has 0 heterocycles. The molecule has 0 saturated heterocycles. The second kappa shape index (κ2) is 40.2.